The van der Waals surface area contributed by atoms with Gasteiger partial charge >= 0.3 is 6.09 Å². The van der Waals surface area contributed by atoms with Gasteiger partial charge in [-0.2, -0.15) is 0 Å². The first-order chi connectivity index (χ1) is 12.5. The van der Waals surface area contributed by atoms with E-state index in [2.05, 4.69) is 5.43 Å². The van der Waals surface area contributed by atoms with E-state index in [1.54, 1.807) is 0 Å². The smallest absolute Gasteiger partial charge is 0.421 e. The lowest BCUT2D eigenvalue weighted by molar-refractivity contribution is 0.124. The minimum Gasteiger partial charge on any atom is -0.489 e. The molecule has 1 amide bonds. The zero-order valence-electron chi connectivity index (χ0n) is 14.1. The third-order valence-corrected chi connectivity index (χ3v) is 4.40. The summed E-state index contributed by atoms with van der Waals surface area (Å²) in [7, 11) is 0. The molecule has 0 spiro atoms. The van der Waals surface area contributed by atoms with E-state index in [1.165, 1.54) is 12.1 Å². The van der Waals surface area contributed by atoms with Gasteiger partial charge in [-0.1, -0.05) is 30.3 Å². The van der Waals surface area contributed by atoms with E-state index >= 15 is 0 Å². The Morgan fingerprint density at radius 3 is 2.58 bits per heavy atom. The summed E-state index contributed by atoms with van der Waals surface area (Å²) in [6.45, 7) is 0.662. The molecular weight excluding hydrogens is 342 g/mol. The van der Waals surface area contributed by atoms with Gasteiger partial charge in [-0.3, -0.25) is 0 Å². The molecule has 3 rings (SSSR count). The van der Waals surface area contributed by atoms with Crippen molar-refractivity contribution >= 4 is 6.09 Å². The first-order valence-electron chi connectivity index (χ1n) is 8.44. The SMILES string of the molecule is O=C(O)N1CCCC(c2c(F)cc(OCc3ccccc3)cc2F)CN1. The van der Waals surface area contributed by atoms with Crippen LogP contribution in [0, 0.1) is 11.6 Å². The van der Waals surface area contributed by atoms with E-state index in [-0.39, 0.29) is 31.0 Å². The summed E-state index contributed by atoms with van der Waals surface area (Å²) in [5.74, 6) is -1.67. The highest BCUT2D eigenvalue weighted by Crippen LogP contribution is 2.31. The molecule has 2 N–H and O–H groups in total. The molecule has 2 aromatic carbocycles. The monoisotopic (exact) mass is 362 g/mol. The van der Waals surface area contributed by atoms with Crippen LogP contribution in [0.25, 0.3) is 0 Å². The maximum Gasteiger partial charge on any atom is 0.421 e. The van der Waals surface area contributed by atoms with Crippen molar-refractivity contribution in [3.05, 3.63) is 65.2 Å². The topological polar surface area (TPSA) is 61.8 Å². The van der Waals surface area contributed by atoms with Gasteiger partial charge in [0.05, 0.1) is 0 Å². The number of hydrogen-bond acceptors (Lipinski definition) is 3. The van der Waals surface area contributed by atoms with Gasteiger partial charge in [0.15, 0.2) is 0 Å². The Kier molecular flexibility index (Phi) is 5.68. The molecule has 7 heteroatoms. The number of hydrogen-bond donors (Lipinski definition) is 2. The number of nitrogens with one attached hydrogen (secondary N) is 1. The zero-order chi connectivity index (χ0) is 18.5. The number of halogens is 2. The molecule has 26 heavy (non-hydrogen) atoms. The van der Waals surface area contributed by atoms with Crippen LogP contribution >= 0.6 is 0 Å². The van der Waals surface area contributed by atoms with E-state index in [9.17, 15) is 13.6 Å². The van der Waals surface area contributed by atoms with Crippen LogP contribution in [0.5, 0.6) is 5.75 Å². The second kappa shape index (κ2) is 8.14. The minimum absolute atomic E-state index is 0.0307. The van der Waals surface area contributed by atoms with Crippen LogP contribution in [0.15, 0.2) is 42.5 Å². The Balaban J connectivity index is 1.72. The predicted molar refractivity (Wildman–Crippen MR) is 91.8 cm³/mol. The van der Waals surface area contributed by atoms with Crippen LogP contribution in [0.1, 0.15) is 29.9 Å². The van der Waals surface area contributed by atoms with Gasteiger partial charge in [0.2, 0.25) is 0 Å². The fraction of sp³-hybridized carbons (Fsp3) is 0.316. The first-order valence-corrected chi connectivity index (χ1v) is 8.44. The van der Waals surface area contributed by atoms with E-state index in [1.807, 2.05) is 30.3 Å². The highest BCUT2D eigenvalue weighted by Gasteiger charge is 2.26. The fourth-order valence-corrected chi connectivity index (χ4v) is 3.08. The Morgan fingerprint density at radius 2 is 1.92 bits per heavy atom. The molecule has 1 unspecified atom stereocenters. The largest absolute Gasteiger partial charge is 0.489 e. The van der Waals surface area contributed by atoms with Gasteiger partial charge < -0.3 is 9.84 Å². The van der Waals surface area contributed by atoms with Crippen molar-refractivity contribution in [1.29, 1.82) is 0 Å². The van der Waals surface area contributed by atoms with E-state index < -0.39 is 23.6 Å². The third-order valence-electron chi connectivity index (χ3n) is 4.40. The Hall–Kier alpha value is -2.67. The van der Waals surface area contributed by atoms with Crippen LogP contribution in [-0.4, -0.2) is 29.3 Å². The van der Waals surface area contributed by atoms with Gasteiger partial charge in [0.1, 0.15) is 24.0 Å². The molecule has 138 valence electrons. The van der Waals surface area contributed by atoms with Crippen LogP contribution < -0.4 is 10.2 Å². The third kappa shape index (κ3) is 4.29. The standard InChI is InChI=1S/C19H20F2N2O3/c20-16-9-15(26-12-13-5-2-1-3-6-13)10-17(21)18(16)14-7-4-8-23(19(24)25)22-11-14/h1-3,5-6,9-10,14,22H,4,7-8,11-12H2,(H,24,25). The fourth-order valence-electron chi connectivity index (χ4n) is 3.08. The summed E-state index contributed by atoms with van der Waals surface area (Å²) >= 11 is 0. The zero-order valence-corrected chi connectivity index (χ0v) is 14.1. The summed E-state index contributed by atoms with van der Waals surface area (Å²) in [6.07, 6.45) is -0.0829. The van der Waals surface area contributed by atoms with Gasteiger partial charge in [-0.05, 0) is 18.4 Å². The summed E-state index contributed by atoms with van der Waals surface area (Å²) in [4.78, 5) is 11.0. The van der Waals surface area contributed by atoms with E-state index in [0.29, 0.717) is 12.8 Å². The van der Waals surface area contributed by atoms with Crippen molar-refractivity contribution in [3.8, 4) is 5.75 Å². The second-order valence-electron chi connectivity index (χ2n) is 6.21. The van der Waals surface area contributed by atoms with E-state index in [0.717, 1.165) is 10.6 Å². The second-order valence-corrected chi connectivity index (χ2v) is 6.21. The molecule has 1 aliphatic rings. The summed E-state index contributed by atoms with van der Waals surface area (Å²) in [6, 6.07) is 11.7. The van der Waals surface area contributed by atoms with Gasteiger partial charge in [-0.15, -0.1) is 0 Å². The normalized spacial score (nSPS) is 17.6. The Labute approximate surface area is 150 Å². The number of ether oxygens (including phenoxy) is 1. The van der Waals surface area contributed by atoms with Crippen LogP contribution in [-0.2, 0) is 6.61 Å². The number of hydrazine groups is 1. The summed E-state index contributed by atoms with van der Waals surface area (Å²) in [5.41, 5.74) is 3.59. The molecule has 1 heterocycles. The number of carboxylic acid groups (broad SMARTS) is 1. The van der Waals surface area contributed by atoms with Crippen molar-refractivity contribution in [2.45, 2.75) is 25.4 Å². The molecule has 0 bridgehead atoms. The average Bonchev–Trinajstić information content (AvgIpc) is 2.87. The van der Waals surface area contributed by atoms with Crippen molar-refractivity contribution in [2.75, 3.05) is 13.1 Å². The molecule has 1 atom stereocenters. The molecule has 2 aromatic rings. The van der Waals surface area contributed by atoms with Gasteiger partial charge in [0, 0.05) is 36.7 Å². The minimum atomic E-state index is -1.10. The first kappa shape index (κ1) is 18.1. The molecule has 1 aliphatic heterocycles. The summed E-state index contributed by atoms with van der Waals surface area (Å²) < 4.78 is 34.6. The average molecular weight is 362 g/mol. The molecule has 1 fully saturated rings. The van der Waals surface area contributed by atoms with Crippen molar-refractivity contribution in [2.24, 2.45) is 0 Å². The Morgan fingerprint density at radius 1 is 1.23 bits per heavy atom. The van der Waals surface area contributed by atoms with Gasteiger partial charge in [0.25, 0.3) is 0 Å². The number of carbonyl (C=O) groups is 1. The Bertz CT molecular complexity index is 748. The van der Waals surface area contributed by atoms with Crippen molar-refractivity contribution in [1.82, 2.24) is 10.4 Å². The van der Waals surface area contributed by atoms with E-state index in [4.69, 9.17) is 9.84 Å². The quantitative estimate of drug-likeness (QED) is 0.866. The maximum atomic E-state index is 14.5. The molecule has 5 nitrogen and oxygen atoms in total. The number of amides is 1. The lowest BCUT2D eigenvalue weighted by atomic mass is 9.93. The molecule has 0 aromatic heterocycles. The summed E-state index contributed by atoms with van der Waals surface area (Å²) in [5, 5.41) is 10.1. The van der Waals surface area contributed by atoms with Crippen LogP contribution in [0.3, 0.4) is 0 Å². The predicted octanol–water partition coefficient (Wildman–Crippen LogP) is 3.91. The molecule has 0 radical (unpaired) electrons. The number of benzene rings is 2. The van der Waals surface area contributed by atoms with Crippen LogP contribution in [0.4, 0.5) is 13.6 Å². The number of rotatable bonds is 4. The lowest BCUT2D eigenvalue weighted by Crippen LogP contribution is -2.42. The highest BCUT2D eigenvalue weighted by molar-refractivity contribution is 5.64. The van der Waals surface area contributed by atoms with Crippen LogP contribution in [0.2, 0.25) is 0 Å². The lowest BCUT2D eigenvalue weighted by Gasteiger charge is -2.19. The molecule has 1 saturated heterocycles. The number of nitrogens with zero attached hydrogens (tertiary/aromatic N) is 1. The molecule has 0 saturated carbocycles. The van der Waals surface area contributed by atoms with Crippen molar-refractivity contribution in [3.63, 3.8) is 0 Å². The van der Waals surface area contributed by atoms with Crippen molar-refractivity contribution < 1.29 is 23.4 Å². The maximum absolute atomic E-state index is 14.5. The highest BCUT2D eigenvalue weighted by atomic mass is 19.1. The van der Waals surface area contributed by atoms with Gasteiger partial charge in [-0.25, -0.2) is 24.0 Å². The molecular formula is C19H20F2N2O3. The molecule has 0 aliphatic carbocycles.